The molecule has 8 heteroatoms. The summed E-state index contributed by atoms with van der Waals surface area (Å²) in [5, 5.41) is 14.9. The lowest BCUT2D eigenvalue weighted by molar-refractivity contribution is 0.112. The molecule has 0 radical (unpaired) electrons. The zero-order chi connectivity index (χ0) is 21.1. The maximum Gasteiger partial charge on any atom is 0.145 e. The fraction of sp³-hybridized carbons (Fsp3) is 0.545. The quantitative estimate of drug-likeness (QED) is 0.487. The number of rotatable bonds is 8. The molecule has 0 N–H and O–H groups in total. The molecule has 1 atom stereocenters. The fourth-order valence-electron chi connectivity index (χ4n) is 4.34. The average Bonchev–Trinajstić information content (AvgIpc) is 3.46. The second-order valence-corrected chi connectivity index (χ2v) is 14.9. The molecule has 158 valence electrons. The van der Waals surface area contributed by atoms with Crippen LogP contribution in [-0.2, 0) is 11.5 Å². The molecule has 1 fully saturated rings. The molecule has 1 aliphatic carbocycles. The van der Waals surface area contributed by atoms with E-state index in [1.165, 1.54) is 25.7 Å². The number of hydrogen-bond acceptors (Lipinski definition) is 5. The Morgan fingerprint density at radius 2 is 2.07 bits per heavy atom. The van der Waals surface area contributed by atoms with E-state index in [1.54, 1.807) is 6.33 Å². The van der Waals surface area contributed by atoms with Crippen LogP contribution in [0, 0.1) is 17.2 Å². The number of hydrogen-bond donors (Lipinski definition) is 0. The van der Waals surface area contributed by atoms with Crippen molar-refractivity contribution in [2.45, 2.75) is 64.5 Å². The van der Waals surface area contributed by atoms with Crippen LogP contribution >= 0.6 is 0 Å². The van der Waals surface area contributed by atoms with Crippen molar-refractivity contribution in [1.29, 1.82) is 5.26 Å². The highest BCUT2D eigenvalue weighted by Gasteiger charge is 2.27. The van der Waals surface area contributed by atoms with Crippen LogP contribution in [0.15, 0.2) is 31.0 Å². The number of nitriles is 1. The van der Waals surface area contributed by atoms with Crippen molar-refractivity contribution >= 4 is 19.1 Å². The van der Waals surface area contributed by atoms with Gasteiger partial charge in [0.05, 0.1) is 38.5 Å². The molecule has 0 unspecified atom stereocenters. The predicted molar refractivity (Wildman–Crippen MR) is 119 cm³/mol. The standard InChI is InChI=1S/C22H30N6OSi/c1-30(2,3)16-29-15-27-11-9-19-21(24-14-25-22(19)27)18-12-26-28(13-18)20(8-10-23)17-6-4-5-7-17/h9,11-14,17,20H,4-8,15-16H2,1-3H3/t20-/m1/s1. The molecule has 3 aromatic heterocycles. The summed E-state index contributed by atoms with van der Waals surface area (Å²) >= 11 is 0. The topological polar surface area (TPSA) is 81.5 Å². The third kappa shape index (κ3) is 4.47. The van der Waals surface area contributed by atoms with Crippen LogP contribution in [0.5, 0.6) is 0 Å². The Morgan fingerprint density at radius 1 is 1.27 bits per heavy atom. The van der Waals surface area contributed by atoms with E-state index in [4.69, 9.17) is 4.74 Å². The first-order valence-corrected chi connectivity index (χ1v) is 14.5. The highest BCUT2D eigenvalue weighted by molar-refractivity contribution is 6.76. The van der Waals surface area contributed by atoms with E-state index in [0.29, 0.717) is 19.1 Å². The summed E-state index contributed by atoms with van der Waals surface area (Å²) in [6.07, 6.45) is 13.7. The Hall–Kier alpha value is -2.50. The van der Waals surface area contributed by atoms with Gasteiger partial charge >= 0.3 is 0 Å². The van der Waals surface area contributed by atoms with Crippen LogP contribution in [0.1, 0.15) is 38.1 Å². The molecule has 3 heterocycles. The number of fused-ring (bicyclic) bond motifs is 1. The summed E-state index contributed by atoms with van der Waals surface area (Å²) in [4.78, 5) is 9.04. The molecular formula is C22H30N6OSi. The van der Waals surface area contributed by atoms with E-state index < -0.39 is 8.07 Å². The lowest BCUT2D eigenvalue weighted by Crippen LogP contribution is -2.28. The Labute approximate surface area is 178 Å². The minimum absolute atomic E-state index is 0.142. The molecule has 0 aliphatic heterocycles. The summed E-state index contributed by atoms with van der Waals surface area (Å²) < 4.78 is 9.95. The van der Waals surface area contributed by atoms with Gasteiger partial charge in [-0.25, -0.2) is 9.97 Å². The van der Waals surface area contributed by atoms with E-state index in [-0.39, 0.29) is 6.04 Å². The van der Waals surface area contributed by atoms with Crippen LogP contribution < -0.4 is 0 Å². The summed E-state index contributed by atoms with van der Waals surface area (Å²) in [6, 6.07) is 4.54. The predicted octanol–water partition coefficient (Wildman–Crippen LogP) is 4.79. The summed E-state index contributed by atoms with van der Waals surface area (Å²) in [6.45, 7) is 7.38. The maximum absolute atomic E-state index is 9.32. The van der Waals surface area contributed by atoms with Gasteiger partial charge in [-0.1, -0.05) is 32.5 Å². The van der Waals surface area contributed by atoms with Gasteiger partial charge in [0.15, 0.2) is 0 Å². The largest absolute Gasteiger partial charge is 0.364 e. The van der Waals surface area contributed by atoms with Gasteiger partial charge in [-0.15, -0.1) is 0 Å². The maximum atomic E-state index is 9.32. The molecule has 1 saturated carbocycles. The van der Waals surface area contributed by atoms with Gasteiger partial charge in [0.2, 0.25) is 0 Å². The molecule has 4 rings (SSSR count). The second kappa shape index (κ2) is 8.70. The molecule has 0 amide bonds. The molecule has 0 aromatic carbocycles. The van der Waals surface area contributed by atoms with E-state index in [0.717, 1.165) is 28.5 Å². The summed E-state index contributed by atoms with van der Waals surface area (Å²) in [5.41, 5.74) is 2.70. The van der Waals surface area contributed by atoms with Crippen molar-refractivity contribution in [1.82, 2.24) is 24.3 Å². The van der Waals surface area contributed by atoms with Gasteiger partial charge in [-0.3, -0.25) is 4.68 Å². The molecule has 0 bridgehead atoms. The SMILES string of the molecule is C[Si](C)(C)COCn1ccc2c(-c3cnn([C@H](CC#N)C4CCCC4)c3)ncnc21. The third-order valence-corrected chi connectivity index (χ3v) is 6.85. The normalized spacial score (nSPS) is 16.2. The van der Waals surface area contributed by atoms with E-state index in [9.17, 15) is 5.26 Å². The monoisotopic (exact) mass is 422 g/mol. The van der Waals surface area contributed by atoms with E-state index in [1.807, 2.05) is 33.9 Å². The van der Waals surface area contributed by atoms with Crippen LogP contribution in [0.4, 0.5) is 0 Å². The first-order chi connectivity index (χ1) is 14.5. The van der Waals surface area contributed by atoms with Gasteiger partial charge in [-0.2, -0.15) is 10.4 Å². The van der Waals surface area contributed by atoms with Gasteiger partial charge in [0.1, 0.15) is 18.7 Å². The zero-order valence-electron chi connectivity index (χ0n) is 18.1. The molecule has 30 heavy (non-hydrogen) atoms. The first-order valence-electron chi connectivity index (χ1n) is 10.8. The highest BCUT2D eigenvalue weighted by atomic mass is 28.3. The van der Waals surface area contributed by atoms with Crippen LogP contribution in [0.25, 0.3) is 22.3 Å². The molecule has 0 saturated heterocycles. The van der Waals surface area contributed by atoms with Crippen molar-refractivity contribution in [2.24, 2.45) is 5.92 Å². The minimum Gasteiger partial charge on any atom is -0.364 e. The molecular weight excluding hydrogens is 392 g/mol. The van der Waals surface area contributed by atoms with Crippen molar-refractivity contribution in [2.75, 3.05) is 6.23 Å². The summed E-state index contributed by atoms with van der Waals surface area (Å²) in [5.74, 6) is 0.535. The van der Waals surface area contributed by atoms with Crippen molar-refractivity contribution in [3.63, 3.8) is 0 Å². The van der Waals surface area contributed by atoms with Crippen LogP contribution in [-0.4, -0.2) is 38.6 Å². The first kappa shape index (κ1) is 20.8. The average molecular weight is 423 g/mol. The van der Waals surface area contributed by atoms with E-state index >= 15 is 0 Å². The lowest BCUT2D eigenvalue weighted by atomic mass is 9.96. The minimum atomic E-state index is -1.25. The van der Waals surface area contributed by atoms with Gasteiger partial charge in [0.25, 0.3) is 0 Å². The Balaban J connectivity index is 1.59. The molecule has 1 aliphatic rings. The van der Waals surface area contributed by atoms with Gasteiger partial charge < -0.3 is 9.30 Å². The van der Waals surface area contributed by atoms with Crippen molar-refractivity contribution < 1.29 is 4.74 Å². The van der Waals surface area contributed by atoms with Crippen molar-refractivity contribution in [3.8, 4) is 17.3 Å². The number of ether oxygens (including phenoxy) is 1. The Kier molecular flexibility index (Phi) is 6.02. The second-order valence-electron chi connectivity index (χ2n) is 9.47. The Bertz CT molecular complexity index is 1040. The van der Waals surface area contributed by atoms with Gasteiger partial charge in [-0.05, 0) is 24.8 Å². The molecule has 3 aromatic rings. The third-order valence-electron chi connectivity index (χ3n) is 5.78. The van der Waals surface area contributed by atoms with E-state index in [2.05, 4.69) is 40.8 Å². The van der Waals surface area contributed by atoms with Crippen LogP contribution in [0.3, 0.4) is 0 Å². The highest BCUT2D eigenvalue weighted by Crippen LogP contribution is 2.36. The fourth-order valence-corrected chi connectivity index (χ4v) is 5.05. The summed E-state index contributed by atoms with van der Waals surface area (Å²) in [7, 11) is -1.25. The lowest BCUT2D eigenvalue weighted by Gasteiger charge is -2.21. The van der Waals surface area contributed by atoms with Crippen molar-refractivity contribution in [3.05, 3.63) is 31.0 Å². The smallest absolute Gasteiger partial charge is 0.145 e. The van der Waals surface area contributed by atoms with Crippen LogP contribution in [0.2, 0.25) is 19.6 Å². The Morgan fingerprint density at radius 3 is 2.80 bits per heavy atom. The molecule has 7 nitrogen and oxygen atoms in total. The molecule has 0 spiro atoms. The van der Waals surface area contributed by atoms with Gasteiger partial charge in [0, 0.05) is 29.6 Å². The number of nitrogens with zero attached hydrogens (tertiary/aromatic N) is 6. The zero-order valence-corrected chi connectivity index (χ0v) is 19.1. The number of aromatic nitrogens is 5.